The van der Waals surface area contributed by atoms with Crippen LogP contribution in [0.4, 0.5) is 4.79 Å². The van der Waals surface area contributed by atoms with Crippen LogP contribution in [0.2, 0.25) is 0 Å². The topological polar surface area (TPSA) is 80.5 Å². The van der Waals surface area contributed by atoms with E-state index in [0.717, 1.165) is 25.1 Å². The number of carbonyl (C=O) groups excluding carboxylic acids is 1. The zero-order valence-electron chi connectivity index (χ0n) is 14.6. The number of likely N-dealkylation sites (tertiary alicyclic amines) is 1. The average Bonchev–Trinajstić information content (AvgIpc) is 3.09. The summed E-state index contributed by atoms with van der Waals surface area (Å²) in [4.78, 5) is 14.0. The van der Waals surface area contributed by atoms with E-state index in [1.807, 2.05) is 49.1 Å². The van der Waals surface area contributed by atoms with Crippen molar-refractivity contribution in [3.63, 3.8) is 0 Å². The van der Waals surface area contributed by atoms with Crippen LogP contribution in [-0.4, -0.2) is 40.3 Å². The summed E-state index contributed by atoms with van der Waals surface area (Å²) in [7, 11) is 0. The SMILES string of the molecule is CC(C)NC(=O)N1CCCC(c2nnc(COc3ccccc3)o2)C1. The van der Waals surface area contributed by atoms with Crippen LogP contribution in [0.3, 0.4) is 0 Å². The van der Waals surface area contributed by atoms with Crippen molar-refractivity contribution in [3.05, 3.63) is 42.1 Å². The van der Waals surface area contributed by atoms with Crippen LogP contribution >= 0.6 is 0 Å². The van der Waals surface area contributed by atoms with Crippen molar-refractivity contribution in [3.8, 4) is 5.75 Å². The third-order valence-corrected chi connectivity index (χ3v) is 4.06. The highest BCUT2D eigenvalue weighted by atomic mass is 16.5. The predicted molar refractivity (Wildman–Crippen MR) is 92.3 cm³/mol. The van der Waals surface area contributed by atoms with Gasteiger partial charge in [-0.2, -0.15) is 0 Å². The first-order chi connectivity index (χ1) is 12.1. The van der Waals surface area contributed by atoms with E-state index in [1.165, 1.54) is 0 Å². The average molecular weight is 344 g/mol. The molecule has 2 amide bonds. The number of hydrogen-bond donors (Lipinski definition) is 1. The summed E-state index contributed by atoms with van der Waals surface area (Å²) < 4.78 is 11.4. The van der Waals surface area contributed by atoms with Crippen molar-refractivity contribution in [2.75, 3.05) is 13.1 Å². The van der Waals surface area contributed by atoms with E-state index < -0.39 is 0 Å². The number of amides is 2. The van der Waals surface area contributed by atoms with Gasteiger partial charge in [0, 0.05) is 19.1 Å². The second-order valence-electron chi connectivity index (χ2n) is 6.53. The highest BCUT2D eigenvalue weighted by molar-refractivity contribution is 5.74. The summed E-state index contributed by atoms with van der Waals surface area (Å²) in [5.41, 5.74) is 0. The zero-order chi connectivity index (χ0) is 17.6. The summed E-state index contributed by atoms with van der Waals surface area (Å²) in [5, 5.41) is 11.1. The quantitative estimate of drug-likeness (QED) is 0.902. The second kappa shape index (κ2) is 8.00. The summed E-state index contributed by atoms with van der Waals surface area (Å²) >= 11 is 0. The molecule has 1 aromatic heterocycles. The molecule has 1 fully saturated rings. The first-order valence-corrected chi connectivity index (χ1v) is 8.67. The standard InChI is InChI=1S/C18H24N4O3/c1-13(2)19-18(23)22-10-6-7-14(11-22)17-21-20-16(25-17)12-24-15-8-4-3-5-9-15/h3-5,8-9,13-14H,6-7,10-12H2,1-2H3,(H,19,23). The predicted octanol–water partition coefficient (Wildman–Crippen LogP) is 2.95. The molecule has 2 heterocycles. The molecule has 25 heavy (non-hydrogen) atoms. The summed E-state index contributed by atoms with van der Waals surface area (Å²) in [6.45, 7) is 5.50. The molecule has 1 aliphatic rings. The Morgan fingerprint density at radius 2 is 2.16 bits per heavy atom. The fraction of sp³-hybridized carbons (Fsp3) is 0.500. The molecule has 1 unspecified atom stereocenters. The van der Waals surface area contributed by atoms with E-state index in [9.17, 15) is 4.79 Å². The highest BCUT2D eigenvalue weighted by Gasteiger charge is 2.28. The minimum atomic E-state index is -0.0353. The maximum Gasteiger partial charge on any atom is 0.317 e. The Kier molecular flexibility index (Phi) is 5.53. The van der Waals surface area contributed by atoms with Gasteiger partial charge < -0.3 is 19.4 Å². The molecule has 0 aliphatic carbocycles. The molecule has 0 bridgehead atoms. The summed E-state index contributed by atoms with van der Waals surface area (Å²) in [6.07, 6.45) is 1.86. The highest BCUT2D eigenvalue weighted by Crippen LogP contribution is 2.26. The number of nitrogens with zero attached hydrogens (tertiary/aromatic N) is 3. The van der Waals surface area contributed by atoms with E-state index in [0.29, 0.717) is 18.3 Å². The number of nitrogens with one attached hydrogen (secondary N) is 1. The van der Waals surface area contributed by atoms with Gasteiger partial charge in [-0.05, 0) is 38.8 Å². The lowest BCUT2D eigenvalue weighted by atomic mass is 9.98. The Morgan fingerprint density at radius 3 is 2.92 bits per heavy atom. The Balaban J connectivity index is 1.57. The van der Waals surface area contributed by atoms with Gasteiger partial charge in [0.15, 0.2) is 6.61 Å². The van der Waals surface area contributed by atoms with E-state index in [-0.39, 0.29) is 24.6 Å². The molecule has 1 atom stereocenters. The molecule has 134 valence electrons. The lowest BCUT2D eigenvalue weighted by Crippen LogP contribution is -2.47. The monoisotopic (exact) mass is 344 g/mol. The second-order valence-corrected chi connectivity index (χ2v) is 6.53. The Morgan fingerprint density at radius 1 is 1.36 bits per heavy atom. The smallest absolute Gasteiger partial charge is 0.317 e. The minimum absolute atomic E-state index is 0.0353. The number of ether oxygens (including phenoxy) is 1. The van der Waals surface area contributed by atoms with Crippen LogP contribution < -0.4 is 10.1 Å². The number of rotatable bonds is 5. The van der Waals surface area contributed by atoms with Gasteiger partial charge in [-0.15, -0.1) is 10.2 Å². The lowest BCUT2D eigenvalue weighted by molar-refractivity contribution is 0.170. The zero-order valence-corrected chi connectivity index (χ0v) is 14.6. The molecular weight excluding hydrogens is 320 g/mol. The third kappa shape index (κ3) is 4.71. The fourth-order valence-electron chi connectivity index (χ4n) is 2.85. The first-order valence-electron chi connectivity index (χ1n) is 8.67. The molecule has 3 rings (SSSR count). The fourth-order valence-corrected chi connectivity index (χ4v) is 2.85. The van der Waals surface area contributed by atoms with Crippen LogP contribution in [0.15, 0.2) is 34.7 Å². The van der Waals surface area contributed by atoms with Gasteiger partial charge in [0.2, 0.25) is 5.89 Å². The molecule has 7 nitrogen and oxygen atoms in total. The van der Waals surface area contributed by atoms with Crippen LogP contribution in [0.5, 0.6) is 5.75 Å². The van der Waals surface area contributed by atoms with Gasteiger partial charge in [0.05, 0.1) is 5.92 Å². The number of benzene rings is 1. The van der Waals surface area contributed by atoms with E-state index in [4.69, 9.17) is 9.15 Å². The third-order valence-electron chi connectivity index (χ3n) is 4.06. The van der Waals surface area contributed by atoms with E-state index in [2.05, 4.69) is 15.5 Å². The van der Waals surface area contributed by atoms with Crippen molar-refractivity contribution < 1.29 is 13.9 Å². The molecule has 0 spiro atoms. The van der Waals surface area contributed by atoms with Gasteiger partial charge in [-0.3, -0.25) is 0 Å². The Labute approximate surface area is 147 Å². The normalized spacial score (nSPS) is 17.6. The van der Waals surface area contributed by atoms with Crippen molar-refractivity contribution in [2.24, 2.45) is 0 Å². The van der Waals surface area contributed by atoms with E-state index >= 15 is 0 Å². The molecular formula is C18H24N4O3. The Hall–Kier alpha value is -2.57. The molecule has 0 radical (unpaired) electrons. The van der Waals surface area contributed by atoms with Gasteiger partial charge in [0.1, 0.15) is 5.75 Å². The van der Waals surface area contributed by atoms with Gasteiger partial charge in [-0.1, -0.05) is 18.2 Å². The largest absolute Gasteiger partial charge is 0.484 e. The molecule has 1 saturated heterocycles. The van der Waals surface area contributed by atoms with Crippen LogP contribution in [0.1, 0.15) is 44.4 Å². The van der Waals surface area contributed by atoms with Gasteiger partial charge >= 0.3 is 6.03 Å². The maximum absolute atomic E-state index is 12.2. The number of aromatic nitrogens is 2. The first kappa shape index (κ1) is 17.3. The molecule has 7 heteroatoms. The van der Waals surface area contributed by atoms with E-state index in [1.54, 1.807) is 0 Å². The number of carbonyl (C=O) groups is 1. The number of para-hydroxylation sites is 1. The van der Waals surface area contributed by atoms with Crippen molar-refractivity contribution in [1.82, 2.24) is 20.4 Å². The number of hydrogen-bond acceptors (Lipinski definition) is 5. The van der Waals surface area contributed by atoms with Crippen LogP contribution in [0.25, 0.3) is 0 Å². The summed E-state index contributed by atoms with van der Waals surface area (Å²) in [5.74, 6) is 1.86. The molecule has 1 aliphatic heterocycles. The van der Waals surface area contributed by atoms with Gasteiger partial charge in [-0.25, -0.2) is 4.79 Å². The summed E-state index contributed by atoms with van der Waals surface area (Å²) in [6, 6.07) is 9.60. The van der Waals surface area contributed by atoms with Crippen molar-refractivity contribution in [1.29, 1.82) is 0 Å². The molecule has 1 aromatic carbocycles. The minimum Gasteiger partial charge on any atom is -0.484 e. The lowest BCUT2D eigenvalue weighted by Gasteiger charge is -2.31. The Bertz CT molecular complexity index is 687. The molecule has 1 N–H and O–H groups in total. The molecule has 0 saturated carbocycles. The van der Waals surface area contributed by atoms with Crippen LogP contribution in [-0.2, 0) is 6.61 Å². The number of urea groups is 1. The van der Waals surface area contributed by atoms with Crippen molar-refractivity contribution in [2.45, 2.75) is 45.3 Å². The van der Waals surface area contributed by atoms with Gasteiger partial charge in [0.25, 0.3) is 5.89 Å². The van der Waals surface area contributed by atoms with Crippen LogP contribution in [0, 0.1) is 0 Å². The maximum atomic E-state index is 12.2. The number of piperidine rings is 1. The van der Waals surface area contributed by atoms with Crippen molar-refractivity contribution >= 4 is 6.03 Å². The molecule has 2 aromatic rings.